The van der Waals surface area contributed by atoms with E-state index in [-0.39, 0.29) is 18.2 Å². The van der Waals surface area contributed by atoms with Crippen LogP contribution in [0.15, 0.2) is 47.9 Å². The zero-order chi connectivity index (χ0) is 10.5. The van der Waals surface area contributed by atoms with Gasteiger partial charge in [0, 0.05) is 0 Å². The van der Waals surface area contributed by atoms with E-state index in [1.807, 2.05) is 36.5 Å². The maximum Gasteiger partial charge on any atom is 0.197 e. The summed E-state index contributed by atoms with van der Waals surface area (Å²) in [7, 11) is 0. The van der Waals surface area contributed by atoms with E-state index in [9.17, 15) is 10.0 Å². The Hall–Kier alpha value is -1.45. The minimum absolute atomic E-state index is 0.0489. The molecule has 76 valence electrons. The molecule has 2 atom stereocenters. The molecule has 2 unspecified atom stereocenters. The van der Waals surface area contributed by atoms with E-state index in [1.54, 1.807) is 0 Å². The van der Waals surface area contributed by atoms with E-state index >= 15 is 0 Å². The quantitative estimate of drug-likeness (QED) is 0.443. The lowest BCUT2D eigenvalue weighted by atomic mass is 10.1. The van der Waals surface area contributed by atoms with E-state index in [2.05, 4.69) is 0 Å². The zero-order valence-electron chi connectivity index (χ0n) is 8.22. The lowest BCUT2D eigenvalue weighted by molar-refractivity contribution is -0.785. The first-order valence-corrected chi connectivity index (χ1v) is 5.08. The van der Waals surface area contributed by atoms with Gasteiger partial charge in [0.2, 0.25) is 0 Å². The minimum Gasteiger partial charge on any atom is -0.622 e. The third-order valence-electron chi connectivity index (χ3n) is 3.18. The van der Waals surface area contributed by atoms with Crippen LogP contribution in [0.5, 0.6) is 0 Å². The van der Waals surface area contributed by atoms with Crippen LogP contribution in [-0.4, -0.2) is 17.0 Å². The fraction of sp³-hybridized carbons (Fsp3) is 0.250. The molecular weight excluding hydrogens is 190 g/mol. The fourth-order valence-electron chi connectivity index (χ4n) is 2.49. The molecule has 2 aliphatic heterocycles. The van der Waals surface area contributed by atoms with Crippen molar-refractivity contribution in [2.45, 2.75) is 6.42 Å². The molecule has 2 heterocycles. The topological polar surface area (TPSA) is 40.1 Å². The predicted molar refractivity (Wildman–Crippen MR) is 56.1 cm³/mol. The summed E-state index contributed by atoms with van der Waals surface area (Å²) in [6.45, 7) is 0.0792. The molecule has 15 heavy (non-hydrogen) atoms. The highest BCUT2D eigenvalue weighted by atomic mass is 16.6. The first-order chi connectivity index (χ1) is 7.20. The number of ketones is 1. The second-order valence-electron chi connectivity index (χ2n) is 4.16. The third-order valence-corrected chi connectivity index (χ3v) is 3.18. The van der Waals surface area contributed by atoms with Crippen LogP contribution in [0.3, 0.4) is 0 Å². The summed E-state index contributed by atoms with van der Waals surface area (Å²) < 4.78 is -0.516. The van der Waals surface area contributed by atoms with Crippen LogP contribution in [0.1, 0.15) is 6.42 Å². The van der Waals surface area contributed by atoms with Crippen molar-refractivity contribution >= 4 is 5.78 Å². The van der Waals surface area contributed by atoms with Crippen molar-refractivity contribution in [3.8, 4) is 0 Å². The number of carbonyl (C=O) groups excluding carboxylic acids is 1. The van der Waals surface area contributed by atoms with Crippen molar-refractivity contribution in [3.05, 3.63) is 53.1 Å². The maximum atomic E-state index is 12.5. The number of carbonyl (C=O) groups is 1. The van der Waals surface area contributed by atoms with Gasteiger partial charge in [-0.15, -0.1) is 0 Å². The molecule has 1 aliphatic carbocycles. The van der Waals surface area contributed by atoms with Gasteiger partial charge in [0.15, 0.2) is 5.78 Å². The van der Waals surface area contributed by atoms with Crippen LogP contribution >= 0.6 is 0 Å². The summed E-state index contributed by atoms with van der Waals surface area (Å²) in [6, 6.07) is 0. The van der Waals surface area contributed by atoms with Crippen LogP contribution in [0, 0.1) is 11.1 Å². The Bertz CT molecular complexity index is 456. The van der Waals surface area contributed by atoms with Crippen molar-refractivity contribution in [2.24, 2.45) is 5.92 Å². The molecule has 1 fully saturated rings. The smallest absolute Gasteiger partial charge is 0.197 e. The van der Waals surface area contributed by atoms with E-state index in [0.717, 1.165) is 11.4 Å². The summed E-state index contributed by atoms with van der Waals surface area (Å²) in [5.74, 6) is 0.133. The van der Waals surface area contributed by atoms with Crippen LogP contribution in [0.4, 0.5) is 0 Å². The van der Waals surface area contributed by atoms with Crippen molar-refractivity contribution in [2.75, 3.05) is 6.54 Å². The van der Waals surface area contributed by atoms with Gasteiger partial charge in [0.1, 0.15) is 17.9 Å². The van der Waals surface area contributed by atoms with Gasteiger partial charge >= 0.3 is 0 Å². The monoisotopic (exact) mass is 201 g/mol. The van der Waals surface area contributed by atoms with Gasteiger partial charge in [-0.25, -0.2) is 0 Å². The minimum atomic E-state index is -0.516. The average molecular weight is 201 g/mol. The maximum absolute atomic E-state index is 12.5. The lowest BCUT2D eigenvalue weighted by Gasteiger charge is -2.36. The normalized spacial score (nSPS) is 37.1. The van der Waals surface area contributed by atoms with Gasteiger partial charge in [-0.2, -0.15) is 0 Å². The average Bonchev–Trinajstić information content (AvgIpc) is 2.50. The first-order valence-electron chi connectivity index (χ1n) is 5.08. The molecule has 3 rings (SSSR count). The van der Waals surface area contributed by atoms with Gasteiger partial charge in [0.25, 0.3) is 0 Å². The van der Waals surface area contributed by atoms with Crippen molar-refractivity contribution in [3.63, 3.8) is 0 Å². The highest BCUT2D eigenvalue weighted by Gasteiger charge is 2.46. The number of hydrogen-bond acceptors (Lipinski definition) is 2. The van der Waals surface area contributed by atoms with Gasteiger partial charge < -0.3 is 5.21 Å². The van der Waals surface area contributed by atoms with E-state index in [1.165, 1.54) is 0 Å². The molecule has 0 aromatic heterocycles. The second kappa shape index (κ2) is 2.78. The van der Waals surface area contributed by atoms with Gasteiger partial charge in [-0.05, 0) is 12.2 Å². The van der Waals surface area contributed by atoms with E-state index in [0.29, 0.717) is 6.42 Å². The standard InChI is InChI=1S/C12H11NO2/c14-11-7-10-6-9-4-2-1-3-5-12(9)13(10,15)8-11/h1-6,9H,7-8H2. The van der Waals surface area contributed by atoms with Gasteiger partial charge in [-0.1, -0.05) is 24.3 Å². The molecule has 3 aliphatic rings. The zero-order valence-corrected chi connectivity index (χ0v) is 8.22. The van der Waals surface area contributed by atoms with Crippen molar-refractivity contribution in [1.82, 2.24) is 0 Å². The molecule has 0 spiro atoms. The Morgan fingerprint density at radius 2 is 2.20 bits per heavy atom. The molecule has 1 saturated heterocycles. The largest absolute Gasteiger partial charge is 0.622 e. The lowest BCUT2D eigenvalue weighted by Crippen LogP contribution is -2.35. The molecule has 0 amide bonds. The molecule has 0 saturated carbocycles. The number of nitrogens with zero attached hydrogens (tertiary/aromatic N) is 1. The number of Topliss-reactive ketones (excluding diaryl/α,β-unsaturated/α-hetero) is 1. The van der Waals surface area contributed by atoms with E-state index in [4.69, 9.17) is 0 Å². The summed E-state index contributed by atoms with van der Waals surface area (Å²) in [5, 5.41) is 12.5. The Morgan fingerprint density at radius 3 is 3.07 bits per heavy atom. The highest BCUT2D eigenvalue weighted by Crippen LogP contribution is 2.44. The molecular formula is C12H11NO2. The van der Waals surface area contributed by atoms with Crippen LogP contribution in [0.2, 0.25) is 0 Å². The molecule has 0 N–H and O–H groups in total. The van der Waals surface area contributed by atoms with Crippen LogP contribution in [0.25, 0.3) is 0 Å². The third kappa shape index (κ3) is 1.11. The van der Waals surface area contributed by atoms with Gasteiger partial charge in [0.05, 0.1) is 12.3 Å². The van der Waals surface area contributed by atoms with Crippen LogP contribution < -0.4 is 0 Å². The number of hydrogen-bond donors (Lipinski definition) is 0. The van der Waals surface area contributed by atoms with Gasteiger partial charge in [-0.3, -0.25) is 9.44 Å². The molecule has 3 heteroatoms. The number of fused-ring (bicyclic) bond motifs is 3. The van der Waals surface area contributed by atoms with Crippen LogP contribution in [-0.2, 0) is 4.79 Å². The molecule has 3 nitrogen and oxygen atoms in total. The molecule has 0 bridgehead atoms. The summed E-state index contributed by atoms with van der Waals surface area (Å²) in [4.78, 5) is 11.3. The molecule has 0 aromatic rings. The second-order valence-corrected chi connectivity index (χ2v) is 4.16. The number of hydroxylamine groups is 3. The van der Waals surface area contributed by atoms with Crippen molar-refractivity contribution in [1.29, 1.82) is 0 Å². The summed E-state index contributed by atoms with van der Waals surface area (Å²) in [6.07, 6.45) is 11.8. The van der Waals surface area contributed by atoms with Crippen molar-refractivity contribution < 1.29 is 9.44 Å². The fourth-order valence-corrected chi connectivity index (χ4v) is 2.49. The number of rotatable bonds is 0. The Balaban J connectivity index is 2.12. The SMILES string of the molecule is O=C1CC2=CC3C=CC=CC=C3[N+]2([O-])C1. The highest BCUT2D eigenvalue weighted by molar-refractivity contribution is 5.84. The summed E-state index contributed by atoms with van der Waals surface area (Å²) >= 11 is 0. The first kappa shape index (κ1) is 8.83. The number of quaternary nitrogens is 1. The number of allylic oxidation sites excluding steroid dienone is 6. The van der Waals surface area contributed by atoms with E-state index < -0.39 is 4.65 Å². The Morgan fingerprint density at radius 1 is 1.33 bits per heavy atom. The Kier molecular flexibility index (Phi) is 1.63. The predicted octanol–water partition coefficient (Wildman–Crippen LogP) is 1.80. The molecule has 0 radical (unpaired) electrons. The Labute approximate surface area is 87.9 Å². The summed E-state index contributed by atoms with van der Waals surface area (Å²) in [5.41, 5.74) is 1.50. The molecule has 0 aromatic carbocycles.